The van der Waals surface area contributed by atoms with E-state index in [1.54, 1.807) is 6.92 Å². The second-order valence-corrected chi connectivity index (χ2v) is 11.9. The largest absolute Gasteiger partial charge is 0.394 e. The lowest BCUT2D eigenvalue weighted by atomic mass is 9.90. The van der Waals surface area contributed by atoms with Crippen molar-refractivity contribution in [2.24, 2.45) is 11.0 Å². The second-order valence-electron chi connectivity index (χ2n) is 7.15. The molecule has 8 heteroatoms. The third-order valence-corrected chi connectivity index (χ3v) is 9.08. The van der Waals surface area contributed by atoms with Gasteiger partial charge in [0.1, 0.15) is 6.04 Å². The van der Waals surface area contributed by atoms with Crippen LogP contribution in [0, 0.1) is 5.92 Å². The van der Waals surface area contributed by atoms with Gasteiger partial charge in [0.15, 0.2) is 14.6 Å². The minimum atomic E-state index is -2.16. The molecule has 0 aromatic heterocycles. The fourth-order valence-electron chi connectivity index (χ4n) is 2.02. The summed E-state index contributed by atoms with van der Waals surface area (Å²) in [6, 6.07) is -0.804. The Kier molecular flexibility index (Phi) is 5.82. The highest BCUT2D eigenvalue weighted by Crippen LogP contribution is 2.40. The number of hydrogen-bond acceptors (Lipinski definition) is 5. The van der Waals surface area contributed by atoms with Crippen molar-refractivity contribution >= 4 is 8.32 Å². The molecule has 0 spiro atoms. The summed E-state index contributed by atoms with van der Waals surface area (Å²) in [5, 5.41) is 23.3. The van der Waals surface area contributed by atoms with E-state index in [4.69, 9.17) is 14.7 Å². The highest BCUT2D eigenvalue weighted by Gasteiger charge is 2.47. The van der Waals surface area contributed by atoms with Gasteiger partial charge in [0.2, 0.25) is 0 Å². The summed E-state index contributed by atoms with van der Waals surface area (Å²) in [7, 11) is -2.16. The van der Waals surface area contributed by atoms with E-state index in [2.05, 4.69) is 43.9 Å². The molecule has 0 aromatic rings. The molecule has 1 aliphatic rings. The van der Waals surface area contributed by atoms with Gasteiger partial charge in [0.05, 0.1) is 18.8 Å². The lowest BCUT2D eigenvalue weighted by Gasteiger charge is -2.46. The number of ether oxygens (including phenoxy) is 1. The van der Waals surface area contributed by atoms with Gasteiger partial charge in [-0.1, -0.05) is 32.8 Å². The predicted molar refractivity (Wildman–Crippen MR) is 82.1 cm³/mol. The van der Waals surface area contributed by atoms with E-state index in [0.717, 1.165) is 0 Å². The Morgan fingerprint density at radius 2 is 1.95 bits per heavy atom. The summed E-state index contributed by atoms with van der Waals surface area (Å²) in [6.45, 7) is 11.9. The number of hydrogen-bond donors (Lipinski definition) is 2. The van der Waals surface area contributed by atoms with Crippen LogP contribution in [0.3, 0.4) is 0 Å². The SMILES string of the molecule is C[C@@H]1C(CO)O[C@@H](O[Si](C)(C)C(C)(C)C)C(N=[N+]=[N-])[C@H]1O. The van der Waals surface area contributed by atoms with Crippen LogP contribution in [0.1, 0.15) is 27.7 Å². The molecule has 21 heavy (non-hydrogen) atoms. The first-order valence-corrected chi connectivity index (χ1v) is 10.1. The number of nitrogens with zero attached hydrogens (tertiary/aromatic N) is 3. The molecule has 1 saturated heterocycles. The molecule has 0 radical (unpaired) electrons. The fourth-order valence-corrected chi connectivity index (χ4v) is 3.15. The molecule has 1 aliphatic heterocycles. The molecule has 0 saturated carbocycles. The predicted octanol–water partition coefficient (Wildman–Crippen LogP) is 2.40. The Bertz CT molecular complexity index is 407. The fraction of sp³-hybridized carbons (Fsp3) is 1.00. The van der Waals surface area contributed by atoms with Crippen LogP contribution in [0.25, 0.3) is 10.4 Å². The zero-order valence-corrected chi connectivity index (χ0v) is 14.6. The van der Waals surface area contributed by atoms with Crippen LogP contribution in [-0.2, 0) is 9.16 Å². The van der Waals surface area contributed by atoms with Crippen molar-refractivity contribution in [2.45, 2.75) is 70.4 Å². The van der Waals surface area contributed by atoms with Gasteiger partial charge >= 0.3 is 0 Å². The maximum absolute atomic E-state index is 10.3. The molecule has 2 N–H and O–H groups in total. The third-order valence-electron chi connectivity index (χ3n) is 4.64. The Balaban J connectivity index is 3.03. The summed E-state index contributed by atoms with van der Waals surface area (Å²) >= 11 is 0. The van der Waals surface area contributed by atoms with Crippen molar-refractivity contribution in [3.63, 3.8) is 0 Å². The first kappa shape index (κ1) is 18.4. The second kappa shape index (κ2) is 6.64. The van der Waals surface area contributed by atoms with Crippen LogP contribution in [0.4, 0.5) is 0 Å². The summed E-state index contributed by atoms with van der Waals surface area (Å²) < 4.78 is 11.9. The van der Waals surface area contributed by atoms with Gasteiger partial charge in [-0.2, -0.15) is 0 Å². The molecule has 0 bridgehead atoms. The Hall–Kier alpha value is -0.633. The first-order chi connectivity index (χ1) is 9.55. The smallest absolute Gasteiger partial charge is 0.195 e. The van der Waals surface area contributed by atoms with Crippen molar-refractivity contribution in [1.29, 1.82) is 0 Å². The van der Waals surface area contributed by atoms with Crippen LogP contribution in [0.15, 0.2) is 5.11 Å². The van der Waals surface area contributed by atoms with Gasteiger partial charge in [0.25, 0.3) is 0 Å². The molecule has 1 fully saturated rings. The van der Waals surface area contributed by atoms with Crippen LogP contribution in [-0.4, -0.2) is 49.7 Å². The van der Waals surface area contributed by atoms with Crippen molar-refractivity contribution in [1.82, 2.24) is 0 Å². The number of aliphatic hydroxyl groups excluding tert-OH is 2. The molecule has 7 nitrogen and oxygen atoms in total. The molecular weight excluding hydrogens is 290 g/mol. The highest BCUT2D eigenvalue weighted by molar-refractivity contribution is 6.74. The zero-order chi connectivity index (χ0) is 16.4. The van der Waals surface area contributed by atoms with Crippen LogP contribution < -0.4 is 0 Å². The Morgan fingerprint density at radius 3 is 2.38 bits per heavy atom. The normalized spacial score (nSPS) is 34.4. The number of rotatable bonds is 4. The Labute approximate surface area is 127 Å². The van der Waals surface area contributed by atoms with Crippen molar-refractivity contribution < 1.29 is 19.4 Å². The van der Waals surface area contributed by atoms with Gasteiger partial charge in [-0.25, -0.2) is 0 Å². The molecule has 0 aliphatic carbocycles. The van der Waals surface area contributed by atoms with E-state index in [0.29, 0.717) is 0 Å². The maximum atomic E-state index is 10.3. The van der Waals surface area contributed by atoms with Crippen molar-refractivity contribution in [3.05, 3.63) is 10.4 Å². The molecule has 1 rings (SSSR count). The number of aliphatic hydroxyl groups is 2. The van der Waals surface area contributed by atoms with Crippen LogP contribution in [0.2, 0.25) is 18.1 Å². The summed E-state index contributed by atoms with van der Waals surface area (Å²) in [4.78, 5) is 2.80. The maximum Gasteiger partial charge on any atom is 0.195 e. The summed E-state index contributed by atoms with van der Waals surface area (Å²) in [6.07, 6.45) is -2.26. The lowest BCUT2D eigenvalue weighted by molar-refractivity contribution is -0.222. The summed E-state index contributed by atoms with van der Waals surface area (Å²) in [5.41, 5.74) is 8.72. The van der Waals surface area contributed by atoms with Gasteiger partial charge in [0, 0.05) is 10.8 Å². The lowest BCUT2D eigenvalue weighted by Crippen LogP contribution is -2.58. The standard InChI is InChI=1S/C13H27N3O4Si/c1-8-9(7-17)19-12(10(11(8)18)15-16-14)20-21(5,6)13(2,3)4/h8-12,17-18H,7H2,1-6H3/t8-,9?,10?,11+,12+/m1/s1. The molecule has 2 unspecified atom stereocenters. The zero-order valence-electron chi connectivity index (χ0n) is 13.6. The quantitative estimate of drug-likeness (QED) is 0.359. The van der Waals surface area contributed by atoms with Gasteiger partial charge in [-0.3, -0.25) is 0 Å². The Morgan fingerprint density at radius 1 is 1.38 bits per heavy atom. The van der Waals surface area contributed by atoms with E-state index in [1.807, 2.05) is 0 Å². The molecule has 5 atom stereocenters. The average Bonchev–Trinajstić information content (AvgIpc) is 2.36. The van der Waals surface area contributed by atoms with E-state index >= 15 is 0 Å². The molecular formula is C13H27N3O4Si. The average molecular weight is 317 g/mol. The van der Waals surface area contributed by atoms with E-state index < -0.39 is 32.9 Å². The number of azide groups is 1. The minimum Gasteiger partial charge on any atom is -0.394 e. The van der Waals surface area contributed by atoms with Gasteiger partial charge < -0.3 is 19.4 Å². The van der Waals surface area contributed by atoms with Crippen LogP contribution in [0.5, 0.6) is 0 Å². The molecule has 0 amide bonds. The van der Waals surface area contributed by atoms with E-state index in [-0.39, 0.29) is 17.6 Å². The van der Waals surface area contributed by atoms with Crippen molar-refractivity contribution in [3.8, 4) is 0 Å². The molecule has 122 valence electrons. The van der Waals surface area contributed by atoms with Gasteiger partial charge in [-0.05, 0) is 23.7 Å². The molecule has 1 heterocycles. The van der Waals surface area contributed by atoms with Gasteiger partial charge in [-0.15, -0.1) is 0 Å². The monoisotopic (exact) mass is 317 g/mol. The molecule has 0 aromatic carbocycles. The first-order valence-electron chi connectivity index (χ1n) is 7.21. The van der Waals surface area contributed by atoms with E-state index in [9.17, 15) is 10.2 Å². The topological polar surface area (TPSA) is 108 Å². The highest BCUT2D eigenvalue weighted by atomic mass is 28.4. The summed E-state index contributed by atoms with van der Waals surface area (Å²) in [5.74, 6) is -0.329. The van der Waals surface area contributed by atoms with Crippen LogP contribution >= 0.6 is 0 Å². The van der Waals surface area contributed by atoms with Crippen molar-refractivity contribution in [2.75, 3.05) is 6.61 Å². The van der Waals surface area contributed by atoms with E-state index in [1.165, 1.54) is 0 Å². The minimum absolute atomic E-state index is 0.0417. The third kappa shape index (κ3) is 3.97.